The lowest BCUT2D eigenvalue weighted by molar-refractivity contribution is 0.244. The molecule has 0 heterocycles. The van der Waals surface area contributed by atoms with E-state index in [0.29, 0.717) is 0 Å². The molecule has 0 bridgehead atoms. The Kier molecular flexibility index (Phi) is 4.66. The third-order valence-corrected chi connectivity index (χ3v) is 5.46. The minimum absolute atomic E-state index is 0.260. The molecule has 0 aliphatic heterocycles. The molecule has 2 atom stereocenters. The summed E-state index contributed by atoms with van der Waals surface area (Å²) in [4.78, 5) is 0. The Morgan fingerprint density at radius 2 is 1.41 bits per heavy atom. The first kappa shape index (κ1) is 15.3. The predicted octanol–water partition coefficient (Wildman–Crippen LogP) is 6.33. The molecule has 0 amide bonds. The summed E-state index contributed by atoms with van der Waals surface area (Å²) in [7, 11) is 0. The van der Waals surface area contributed by atoms with Crippen LogP contribution in [0.3, 0.4) is 0 Å². The summed E-state index contributed by atoms with van der Waals surface area (Å²) >= 11 is 0. The molecule has 2 aromatic carbocycles. The van der Waals surface area contributed by atoms with Crippen LogP contribution in [-0.2, 0) is 5.41 Å². The Bertz CT molecular complexity index is 568. The highest BCUT2D eigenvalue weighted by atomic mass is 14.4. The first-order chi connectivity index (χ1) is 10.7. The molecule has 1 aliphatic carbocycles. The SMILES string of the molecule is CC(C)(CC1CCCCC1c1ccccc1)c1ccccc1. The van der Waals surface area contributed by atoms with Crippen molar-refractivity contribution in [3.63, 3.8) is 0 Å². The fourth-order valence-corrected chi connectivity index (χ4v) is 4.25. The minimum atomic E-state index is 0.260. The molecule has 3 rings (SSSR count). The highest BCUT2D eigenvalue weighted by molar-refractivity contribution is 5.25. The lowest BCUT2D eigenvalue weighted by atomic mass is 9.67. The summed E-state index contributed by atoms with van der Waals surface area (Å²) in [5.41, 5.74) is 3.29. The molecule has 0 saturated heterocycles. The molecule has 0 aromatic heterocycles. The highest BCUT2D eigenvalue weighted by Gasteiger charge is 2.32. The largest absolute Gasteiger partial charge is 0.0622 e. The van der Waals surface area contributed by atoms with Crippen molar-refractivity contribution in [2.24, 2.45) is 5.92 Å². The topological polar surface area (TPSA) is 0 Å². The summed E-state index contributed by atoms with van der Waals surface area (Å²) < 4.78 is 0. The molecule has 1 aliphatic rings. The zero-order chi connectivity index (χ0) is 15.4. The maximum absolute atomic E-state index is 2.42. The van der Waals surface area contributed by atoms with Gasteiger partial charge in [-0.1, -0.05) is 87.4 Å². The zero-order valence-corrected chi connectivity index (χ0v) is 14.0. The minimum Gasteiger partial charge on any atom is -0.0622 e. The van der Waals surface area contributed by atoms with Crippen molar-refractivity contribution in [2.45, 2.75) is 57.3 Å². The normalized spacial score (nSPS) is 22.5. The van der Waals surface area contributed by atoms with Gasteiger partial charge in [-0.2, -0.15) is 0 Å². The van der Waals surface area contributed by atoms with E-state index in [4.69, 9.17) is 0 Å². The fraction of sp³-hybridized carbons (Fsp3) is 0.455. The van der Waals surface area contributed by atoms with Crippen LogP contribution in [0.5, 0.6) is 0 Å². The maximum Gasteiger partial charge on any atom is -0.0101 e. The first-order valence-electron chi connectivity index (χ1n) is 8.77. The lowest BCUT2D eigenvalue weighted by Gasteiger charge is -2.38. The second-order valence-corrected chi connectivity index (χ2v) is 7.52. The van der Waals surface area contributed by atoms with Gasteiger partial charge in [0, 0.05) is 0 Å². The molecule has 1 saturated carbocycles. The summed E-state index contributed by atoms with van der Waals surface area (Å²) in [6.45, 7) is 4.83. The number of hydrogen-bond donors (Lipinski definition) is 0. The molecule has 0 heteroatoms. The van der Waals surface area contributed by atoms with Crippen LogP contribution in [-0.4, -0.2) is 0 Å². The van der Waals surface area contributed by atoms with Crippen LogP contribution in [0.1, 0.15) is 63.0 Å². The number of benzene rings is 2. The van der Waals surface area contributed by atoms with Gasteiger partial charge in [-0.05, 0) is 47.6 Å². The van der Waals surface area contributed by atoms with E-state index in [1.54, 1.807) is 5.56 Å². The van der Waals surface area contributed by atoms with Crippen LogP contribution >= 0.6 is 0 Å². The smallest absolute Gasteiger partial charge is 0.0101 e. The molecule has 116 valence electrons. The van der Waals surface area contributed by atoms with E-state index in [9.17, 15) is 0 Å². The van der Waals surface area contributed by atoms with Crippen LogP contribution in [0.2, 0.25) is 0 Å². The Hall–Kier alpha value is -1.56. The molecule has 22 heavy (non-hydrogen) atoms. The molecule has 0 N–H and O–H groups in total. The average molecular weight is 292 g/mol. The molecular formula is C22H28. The van der Waals surface area contributed by atoms with Crippen molar-refractivity contribution < 1.29 is 0 Å². The highest BCUT2D eigenvalue weighted by Crippen LogP contribution is 2.44. The molecule has 2 unspecified atom stereocenters. The molecule has 1 fully saturated rings. The maximum atomic E-state index is 2.42. The fourth-order valence-electron chi connectivity index (χ4n) is 4.25. The van der Waals surface area contributed by atoms with Crippen LogP contribution in [0.25, 0.3) is 0 Å². The second-order valence-electron chi connectivity index (χ2n) is 7.52. The second kappa shape index (κ2) is 6.69. The van der Waals surface area contributed by atoms with Gasteiger partial charge in [0.2, 0.25) is 0 Å². The zero-order valence-electron chi connectivity index (χ0n) is 14.0. The number of hydrogen-bond acceptors (Lipinski definition) is 0. The van der Waals surface area contributed by atoms with Crippen molar-refractivity contribution in [1.29, 1.82) is 0 Å². The van der Waals surface area contributed by atoms with E-state index in [1.807, 2.05) is 0 Å². The van der Waals surface area contributed by atoms with E-state index in [1.165, 1.54) is 37.7 Å². The van der Waals surface area contributed by atoms with Gasteiger partial charge in [0.15, 0.2) is 0 Å². The first-order valence-corrected chi connectivity index (χ1v) is 8.77. The van der Waals surface area contributed by atoms with Gasteiger partial charge < -0.3 is 0 Å². The number of rotatable bonds is 4. The molecule has 2 aromatic rings. The van der Waals surface area contributed by atoms with Crippen molar-refractivity contribution in [3.05, 3.63) is 71.8 Å². The Morgan fingerprint density at radius 3 is 2.09 bits per heavy atom. The van der Waals surface area contributed by atoms with E-state index >= 15 is 0 Å². The van der Waals surface area contributed by atoms with Gasteiger partial charge in [-0.25, -0.2) is 0 Å². The summed E-state index contributed by atoms with van der Waals surface area (Å²) in [6.07, 6.45) is 6.83. The van der Waals surface area contributed by atoms with E-state index in [-0.39, 0.29) is 5.41 Å². The third-order valence-electron chi connectivity index (χ3n) is 5.46. The van der Waals surface area contributed by atoms with Crippen molar-refractivity contribution in [1.82, 2.24) is 0 Å². The van der Waals surface area contributed by atoms with Crippen molar-refractivity contribution in [2.75, 3.05) is 0 Å². The Balaban J connectivity index is 1.80. The van der Waals surface area contributed by atoms with Gasteiger partial charge in [-0.3, -0.25) is 0 Å². The quantitative estimate of drug-likeness (QED) is 0.618. The van der Waals surface area contributed by atoms with E-state index < -0.39 is 0 Å². The van der Waals surface area contributed by atoms with Crippen LogP contribution in [0.4, 0.5) is 0 Å². The van der Waals surface area contributed by atoms with E-state index in [2.05, 4.69) is 74.5 Å². The molecule has 0 radical (unpaired) electrons. The monoisotopic (exact) mass is 292 g/mol. The van der Waals surface area contributed by atoms with Gasteiger partial charge >= 0.3 is 0 Å². The average Bonchev–Trinajstić information content (AvgIpc) is 2.57. The molecular weight excluding hydrogens is 264 g/mol. The molecule has 0 spiro atoms. The Labute approximate surface area is 135 Å². The molecule has 0 nitrogen and oxygen atoms in total. The van der Waals surface area contributed by atoms with Gasteiger partial charge in [0.25, 0.3) is 0 Å². The van der Waals surface area contributed by atoms with Gasteiger partial charge in [0.1, 0.15) is 0 Å². The standard InChI is InChI=1S/C22H28/c1-22(2,20-14-7-4-8-15-20)17-19-13-9-10-16-21(19)18-11-5-3-6-12-18/h3-8,11-12,14-15,19,21H,9-10,13,16-17H2,1-2H3. The summed E-state index contributed by atoms with van der Waals surface area (Å²) in [5, 5.41) is 0. The van der Waals surface area contributed by atoms with Gasteiger partial charge in [-0.15, -0.1) is 0 Å². The van der Waals surface area contributed by atoms with Crippen LogP contribution in [0.15, 0.2) is 60.7 Å². The van der Waals surface area contributed by atoms with Crippen LogP contribution in [0, 0.1) is 5.92 Å². The Morgan fingerprint density at radius 1 is 0.818 bits per heavy atom. The van der Waals surface area contributed by atoms with E-state index in [0.717, 1.165) is 11.8 Å². The summed E-state index contributed by atoms with van der Waals surface area (Å²) in [5.74, 6) is 1.56. The van der Waals surface area contributed by atoms with Crippen molar-refractivity contribution >= 4 is 0 Å². The lowest BCUT2D eigenvalue weighted by Crippen LogP contribution is -2.27. The predicted molar refractivity (Wildman–Crippen MR) is 95.2 cm³/mol. The van der Waals surface area contributed by atoms with Gasteiger partial charge in [0.05, 0.1) is 0 Å². The van der Waals surface area contributed by atoms with Crippen LogP contribution < -0.4 is 0 Å². The van der Waals surface area contributed by atoms with Crippen molar-refractivity contribution in [3.8, 4) is 0 Å². The third kappa shape index (κ3) is 3.43. The summed E-state index contributed by atoms with van der Waals surface area (Å²) in [6, 6.07) is 22.2.